The summed E-state index contributed by atoms with van der Waals surface area (Å²) < 4.78 is 5.34. The van der Waals surface area contributed by atoms with Crippen LogP contribution in [0.2, 0.25) is 5.02 Å². The number of benzene rings is 2. The number of carbonyl (C=O) groups is 1. The maximum absolute atomic E-state index is 12.1. The lowest BCUT2D eigenvalue weighted by Crippen LogP contribution is -2.12. The second kappa shape index (κ2) is 6.30. The van der Waals surface area contributed by atoms with Gasteiger partial charge in [-0.05, 0) is 49.4 Å². The monoisotopic (exact) mass is 290 g/mol. The van der Waals surface area contributed by atoms with Crippen LogP contribution in [0.4, 0.5) is 11.4 Å². The predicted octanol–water partition coefficient (Wildman–Crippen LogP) is 3.57. The average Bonchev–Trinajstić information content (AvgIpc) is 2.41. The molecule has 1 amide bonds. The van der Waals surface area contributed by atoms with Crippen molar-refractivity contribution in [1.29, 1.82) is 0 Å². The lowest BCUT2D eigenvalue weighted by molar-refractivity contribution is 0.102. The summed E-state index contributed by atoms with van der Waals surface area (Å²) >= 11 is 6.00. The minimum atomic E-state index is -0.279. The number of rotatable bonds is 4. The number of anilines is 2. The number of halogens is 1. The number of nitrogens with two attached hydrogens (primary N) is 1. The third-order valence-corrected chi connectivity index (χ3v) is 2.97. The second-order valence-corrected chi connectivity index (χ2v) is 4.56. The molecule has 0 radical (unpaired) electrons. The van der Waals surface area contributed by atoms with Gasteiger partial charge < -0.3 is 15.8 Å². The molecule has 20 heavy (non-hydrogen) atoms. The largest absolute Gasteiger partial charge is 0.494 e. The Morgan fingerprint density at radius 1 is 1.25 bits per heavy atom. The molecule has 0 aromatic heterocycles. The van der Waals surface area contributed by atoms with Crippen molar-refractivity contribution in [3.8, 4) is 5.75 Å². The minimum absolute atomic E-state index is 0.279. The highest BCUT2D eigenvalue weighted by atomic mass is 35.5. The quantitative estimate of drug-likeness (QED) is 0.846. The minimum Gasteiger partial charge on any atom is -0.494 e. The Labute approximate surface area is 122 Å². The first-order valence-corrected chi connectivity index (χ1v) is 6.57. The second-order valence-electron chi connectivity index (χ2n) is 4.15. The highest BCUT2D eigenvalue weighted by molar-refractivity contribution is 6.34. The number of carbonyl (C=O) groups excluding carboxylic acids is 1. The van der Waals surface area contributed by atoms with Crippen LogP contribution >= 0.6 is 11.6 Å². The van der Waals surface area contributed by atoms with Crippen LogP contribution in [0.3, 0.4) is 0 Å². The smallest absolute Gasteiger partial charge is 0.257 e. The van der Waals surface area contributed by atoms with Crippen LogP contribution in [0.25, 0.3) is 0 Å². The number of nitrogens with one attached hydrogen (secondary N) is 1. The summed E-state index contributed by atoms with van der Waals surface area (Å²) in [5, 5.41) is 3.10. The van der Waals surface area contributed by atoms with Crippen LogP contribution in [0.1, 0.15) is 17.3 Å². The molecular formula is C15H15ClN2O2. The number of hydrogen-bond donors (Lipinski definition) is 2. The molecule has 2 rings (SSSR count). The van der Waals surface area contributed by atoms with Gasteiger partial charge in [0.05, 0.1) is 17.2 Å². The summed E-state index contributed by atoms with van der Waals surface area (Å²) in [4.78, 5) is 12.1. The fourth-order valence-electron chi connectivity index (χ4n) is 1.72. The van der Waals surface area contributed by atoms with Crippen molar-refractivity contribution >= 4 is 28.9 Å². The van der Waals surface area contributed by atoms with Gasteiger partial charge in [0.1, 0.15) is 5.75 Å². The molecule has 4 nitrogen and oxygen atoms in total. The van der Waals surface area contributed by atoms with Crippen LogP contribution in [0.15, 0.2) is 42.5 Å². The third-order valence-electron chi connectivity index (χ3n) is 2.66. The Morgan fingerprint density at radius 2 is 1.95 bits per heavy atom. The van der Waals surface area contributed by atoms with E-state index >= 15 is 0 Å². The van der Waals surface area contributed by atoms with Crippen LogP contribution in [0.5, 0.6) is 5.75 Å². The van der Waals surface area contributed by atoms with Gasteiger partial charge in [-0.2, -0.15) is 0 Å². The van der Waals surface area contributed by atoms with Crippen LogP contribution in [0, 0.1) is 0 Å². The summed E-state index contributed by atoms with van der Waals surface area (Å²) in [7, 11) is 0. The maximum Gasteiger partial charge on any atom is 0.257 e. The highest BCUT2D eigenvalue weighted by Crippen LogP contribution is 2.21. The van der Waals surface area contributed by atoms with Crippen molar-refractivity contribution in [3.05, 3.63) is 53.1 Å². The van der Waals surface area contributed by atoms with Crippen molar-refractivity contribution in [2.75, 3.05) is 17.7 Å². The molecule has 0 aliphatic heterocycles. The standard InChI is InChI=1S/C15H15ClN2O2/c1-2-20-12-6-4-11(5-7-12)18-15(19)13-8-3-10(17)9-14(13)16/h3-9H,2,17H2,1H3,(H,18,19). The molecule has 0 aliphatic carbocycles. The van der Waals surface area contributed by atoms with E-state index in [9.17, 15) is 4.79 Å². The SMILES string of the molecule is CCOc1ccc(NC(=O)c2ccc(N)cc2Cl)cc1. The first kappa shape index (κ1) is 14.2. The van der Waals surface area contributed by atoms with E-state index in [1.165, 1.54) is 0 Å². The molecule has 0 spiro atoms. The third kappa shape index (κ3) is 3.42. The summed E-state index contributed by atoms with van der Waals surface area (Å²) in [6, 6.07) is 11.9. The Bertz CT molecular complexity index is 612. The van der Waals surface area contributed by atoms with Crippen molar-refractivity contribution in [2.45, 2.75) is 6.92 Å². The number of amides is 1. The van der Waals surface area contributed by atoms with Gasteiger partial charge in [-0.1, -0.05) is 11.6 Å². The van der Waals surface area contributed by atoms with Gasteiger partial charge in [-0.15, -0.1) is 0 Å². The maximum atomic E-state index is 12.1. The highest BCUT2D eigenvalue weighted by Gasteiger charge is 2.10. The summed E-state index contributed by atoms with van der Waals surface area (Å²) in [6.07, 6.45) is 0. The molecule has 0 saturated carbocycles. The van der Waals surface area contributed by atoms with E-state index in [2.05, 4.69) is 5.32 Å². The zero-order valence-corrected chi connectivity index (χ0v) is 11.8. The molecule has 5 heteroatoms. The van der Waals surface area contributed by atoms with Gasteiger partial charge in [0.25, 0.3) is 5.91 Å². The molecule has 0 heterocycles. The number of hydrogen-bond acceptors (Lipinski definition) is 3. The number of nitrogen functional groups attached to an aromatic ring is 1. The van der Waals surface area contributed by atoms with Crippen molar-refractivity contribution < 1.29 is 9.53 Å². The molecule has 0 atom stereocenters. The first-order chi connectivity index (χ1) is 9.60. The zero-order valence-electron chi connectivity index (χ0n) is 11.0. The summed E-state index contributed by atoms with van der Waals surface area (Å²) in [6.45, 7) is 2.52. The van der Waals surface area contributed by atoms with Gasteiger partial charge >= 0.3 is 0 Å². The molecule has 0 unspecified atom stereocenters. The molecule has 2 aromatic carbocycles. The topological polar surface area (TPSA) is 64.3 Å². The lowest BCUT2D eigenvalue weighted by atomic mass is 10.2. The van der Waals surface area contributed by atoms with Gasteiger partial charge in [0.2, 0.25) is 0 Å². The molecule has 104 valence electrons. The van der Waals surface area contributed by atoms with Gasteiger partial charge in [0.15, 0.2) is 0 Å². The van der Waals surface area contributed by atoms with E-state index < -0.39 is 0 Å². The lowest BCUT2D eigenvalue weighted by Gasteiger charge is -2.08. The molecule has 0 aliphatic rings. The summed E-state index contributed by atoms with van der Waals surface area (Å²) in [5.41, 5.74) is 7.17. The molecule has 3 N–H and O–H groups in total. The molecule has 0 saturated heterocycles. The van der Waals surface area contributed by atoms with Crippen molar-refractivity contribution in [1.82, 2.24) is 0 Å². The number of ether oxygens (including phenoxy) is 1. The molecule has 0 bridgehead atoms. The van der Waals surface area contributed by atoms with Crippen LogP contribution in [-0.4, -0.2) is 12.5 Å². The van der Waals surface area contributed by atoms with E-state index in [-0.39, 0.29) is 5.91 Å². The Balaban J connectivity index is 2.11. The Hall–Kier alpha value is -2.20. The zero-order chi connectivity index (χ0) is 14.5. The van der Waals surface area contributed by atoms with E-state index in [0.29, 0.717) is 28.6 Å². The van der Waals surface area contributed by atoms with Crippen molar-refractivity contribution in [2.24, 2.45) is 0 Å². The van der Waals surface area contributed by atoms with E-state index in [1.54, 1.807) is 42.5 Å². The van der Waals surface area contributed by atoms with Crippen molar-refractivity contribution in [3.63, 3.8) is 0 Å². The van der Waals surface area contributed by atoms with E-state index in [4.69, 9.17) is 22.1 Å². The normalized spacial score (nSPS) is 10.1. The van der Waals surface area contributed by atoms with Gasteiger partial charge in [-0.3, -0.25) is 4.79 Å². The van der Waals surface area contributed by atoms with Gasteiger partial charge in [0, 0.05) is 11.4 Å². The average molecular weight is 291 g/mol. The Morgan fingerprint density at radius 3 is 2.55 bits per heavy atom. The molecular weight excluding hydrogens is 276 g/mol. The molecule has 0 fully saturated rings. The summed E-state index contributed by atoms with van der Waals surface area (Å²) in [5.74, 6) is 0.482. The predicted molar refractivity (Wildman–Crippen MR) is 81.4 cm³/mol. The van der Waals surface area contributed by atoms with Gasteiger partial charge in [-0.25, -0.2) is 0 Å². The fourth-order valence-corrected chi connectivity index (χ4v) is 1.99. The Kier molecular flexibility index (Phi) is 4.48. The van der Waals surface area contributed by atoms with E-state index in [0.717, 1.165) is 5.75 Å². The van der Waals surface area contributed by atoms with Crippen LogP contribution in [-0.2, 0) is 0 Å². The molecule has 2 aromatic rings. The first-order valence-electron chi connectivity index (χ1n) is 6.19. The fraction of sp³-hybridized carbons (Fsp3) is 0.133. The van der Waals surface area contributed by atoms with Crippen LogP contribution < -0.4 is 15.8 Å². The van der Waals surface area contributed by atoms with E-state index in [1.807, 2.05) is 6.92 Å².